The Morgan fingerprint density at radius 1 is 1.91 bits per heavy atom. The minimum atomic E-state index is -2.66. The van der Waals surface area contributed by atoms with Crippen molar-refractivity contribution < 1.29 is 9.42 Å². The van der Waals surface area contributed by atoms with Crippen LogP contribution in [0.3, 0.4) is 0 Å². The van der Waals surface area contributed by atoms with Crippen molar-refractivity contribution in [3.05, 3.63) is 10.4 Å². The van der Waals surface area contributed by atoms with E-state index < -0.39 is 5.69 Å². The van der Waals surface area contributed by atoms with Crippen LogP contribution in [0.1, 0.15) is 13.8 Å². The van der Waals surface area contributed by atoms with Gasteiger partial charge in [0.05, 0.1) is 6.61 Å². The fourth-order valence-corrected chi connectivity index (χ4v) is 3.39. The number of rotatable bonds is 4. The first-order valence-electron chi connectivity index (χ1n) is 2.96. The van der Waals surface area contributed by atoms with Gasteiger partial charge in [0, 0.05) is 5.03 Å². The Balaban J connectivity index is 3.93. The second-order valence-electron chi connectivity index (χ2n) is 1.70. The molecule has 0 spiro atoms. The number of hydrogen-bond acceptors (Lipinski definition) is 3. The van der Waals surface area contributed by atoms with Gasteiger partial charge >= 0.3 is 0 Å². The van der Waals surface area contributed by atoms with Crippen LogP contribution in [0.5, 0.6) is 0 Å². The Morgan fingerprint density at radius 2 is 2.45 bits per heavy atom. The van der Waals surface area contributed by atoms with Gasteiger partial charge in [0.1, 0.15) is 0 Å². The second kappa shape index (κ2) is 5.57. The lowest BCUT2D eigenvalue weighted by molar-refractivity contribution is 0.341. The lowest BCUT2D eigenvalue weighted by atomic mass is 10.8. The van der Waals surface area contributed by atoms with Crippen LogP contribution >= 0.6 is 28.7 Å². The molecule has 0 aromatic rings. The van der Waals surface area contributed by atoms with E-state index >= 15 is 0 Å². The summed E-state index contributed by atoms with van der Waals surface area (Å²) < 4.78 is 4.92. The van der Waals surface area contributed by atoms with Crippen LogP contribution in [-0.4, -0.2) is 11.5 Å². The fraction of sp³-hybridized carbons (Fsp3) is 0.600. The van der Waals surface area contributed by atoms with Gasteiger partial charge in [-0.25, -0.2) is 0 Å². The molecule has 0 aliphatic carbocycles. The summed E-state index contributed by atoms with van der Waals surface area (Å²) in [6.45, 7) is 3.93. The molecule has 1 N–H and O–H groups in total. The summed E-state index contributed by atoms with van der Waals surface area (Å²) in [7, 11) is 0. The molecular weight excluding hydrogens is 223 g/mol. The summed E-state index contributed by atoms with van der Waals surface area (Å²) in [5.41, 5.74) is -2.66. The second-order valence-corrected chi connectivity index (χ2v) is 8.23. The first-order valence-corrected chi connectivity index (χ1v) is 7.49. The normalized spacial score (nSPS) is 18.0. The minimum Gasteiger partial charge on any atom is -0.337 e. The predicted molar refractivity (Wildman–Crippen MR) is 55.3 cm³/mol. The molecular formula is C5H10ClO2PS2. The standard InChI is InChI=1S/C5H10ClO2PS2/c1-3-8-9(7,10)11-4-5(2)6/h4H,3H2,1-2H3,(H,7,10). The molecule has 0 aliphatic rings. The quantitative estimate of drug-likeness (QED) is 0.755. The molecule has 0 radical (unpaired) electrons. The lowest BCUT2D eigenvalue weighted by Crippen LogP contribution is -1.81. The summed E-state index contributed by atoms with van der Waals surface area (Å²) >= 11 is 11.4. The van der Waals surface area contributed by atoms with E-state index in [0.717, 1.165) is 11.4 Å². The van der Waals surface area contributed by atoms with E-state index in [4.69, 9.17) is 27.9 Å². The van der Waals surface area contributed by atoms with Gasteiger partial charge in [-0.1, -0.05) is 11.6 Å². The summed E-state index contributed by atoms with van der Waals surface area (Å²) in [6, 6.07) is 0. The topological polar surface area (TPSA) is 29.5 Å². The molecule has 0 saturated carbocycles. The van der Waals surface area contributed by atoms with Crippen molar-refractivity contribution in [2.75, 3.05) is 6.61 Å². The Bertz CT molecular complexity index is 191. The summed E-state index contributed by atoms with van der Waals surface area (Å²) in [4.78, 5) is 9.33. The maximum absolute atomic E-state index is 9.33. The highest BCUT2D eigenvalue weighted by molar-refractivity contribution is 8.68. The van der Waals surface area contributed by atoms with Gasteiger partial charge in [-0.15, -0.1) is 0 Å². The number of allylic oxidation sites excluding steroid dienone is 1. The summed E-state index contributed by atoms with van der Waals surface area (Å²) in [5.74, 6) is 0. The van der Waals surface area contributed by atoms with Crippen molar-refractivity contribution in [3.8, 4) is 0 Å². The lowest BCUT2D eigenvalue weighted by Gasteiger charge is -2.10. The summed E-state index contributed by atoms with van der Waals surface area (Å²) in [5, 5.41) is 2.19. The Morgan fingerprint density at radius 3 is 2.82 bits per heavy atom. The van der Waals surface area contributed by atoms with E-state index in [9.17, 15) is 4.89 Å². The zero-order chi connectivity index (χ0) is 8.91. The van der Waals surface area contributed by atoms with Crippen molar-refractivity contribution in [2.24, 2.45) is 0 Å². The molecule has 0 fully saturated rings. The van der Waals surface area contributed by atoms with Crippen molar-refractivity contribution in [1.82, 2.24) is 0 Å². The Hall–Kier alpha value is 0.950. The SMILES string of the molecule is CCOP(O)(=S)SC=C(C)Cl. The van der Waals surface area contributed by atoms with Crippen LogP contribution in [-0.2, 0) is 16.3 Å². The maximum Gasteiger partial charge on any atom is 0.248 e. The van der Waals surface area contributed by atoms with Gasteiger partial charge in [-0.3, -0.25) is 0 Å². The average molecular weight is 233 g/mol. The first kappa shape index (κ1) is 11.9. The molecule has 0 rings (SSSR count). The number of halogens is 1. The third-order valence-electron chi connectivity index (χ3n) is 0.641. The highest BCUT2D eigenvalue weighted by atomic mass is 35.5. The Kier molecular flexibility index (Phi) is 6.05. The van der Waals surface area contributed by atoms with Gasteiger partial charge in [0.2, 0.25) is 5.69 Å². The third-order valence-corrected chi connectivity index (χ3v) is 4.71. The fourth-order valence-electron chi connectivity index (χ4n) is 0.333. The van der Waals surface area contributed by atoms with Crippen LogP contribution in [0.25, 0.3) is 0 Å². The van der Waals surface area contributed by atoms with E-state index in [2.05, 4.69) is 0 Å². The van der Waals surface area contributed by atoms with Crippen LogP contribution in [0.4, 0.5) is 0 Å². The highest BCUT2D eigenvalue weighted by Gasteiger charge is 2.11. The van der Waals surface area contributed by atoms with E-state index in [-0.39, 0.29) is 0 Å². The van der Waals surface area contributed by atoms with Gasteiger partial charge in [-0.05, 0) is 42.4 Å². The van der Waals surface area contributed by atoms with Crippen molar-refractivity contribution in [1.29, 1.82) is 0 Å². The van der Waals surface area contributed by atoms with Gasteiger partial charge < -0.3 is 9.42 Å². The van der Waals surface area contributed by atoms with Gasteiger partial charge in [0.25, 0.3) is 0 Å². The van der Waals surface area contributed by atoms with Crippen LogP contribution in [0, 0.1) is 0 Å². The highest BCUT2D eigenvalue weighted by Crippen LogP contribution is 2.56. The van der Waals surface area contributed by atoms with Crippen LogP contribution in [0.2, 0.25) is 0 Å². The van der Waals surface area contributed by atoms with Gasteiger partial charge in [-0.2, -0.15) is 0 Å². The van der Waals surface area contributed by atoms with E-state index in [1.807, 2.05) is 0 Å². The molecule has 0 amide bonds. The molecule has 11 heavy (non-hydrogen) atoms. The van der Waals surface area contributed by atoms with Crippen LogP contribution < -0.4 is 0 Å². The van der Waals surface area contributed by atoms with E-state index in [1.165, 1.54) is 0 Å². The third kappa shape index (κ3) is 7.32. The monoisotopic (exact) mass is 232 g/mol. The number of hydrogen-bond donors (Lipinski definition) is 1. The molecule has 0 aromatic heterocycles. The molecule has 0 aromatic carbocycles. The molecule has 2 nitrogen and oxygen atoms in total. The zero-order valence-electron chi connectivity index (χ0n) is 6.28. The maximum atomic E-state index is 9.33. The summed E-state index contributed by atoms with van der Waals surface area (Å²) in [6.07, 6.45) is 0. The predicted octanol–water partition coefficient (Wildman–Crippen LogP) is 3.07. The largest absolute Gasteiger partial charge is 0.337 e. The molecule has 6 heteroatoms. The average Bonchev–Trinajstić information content (AvgIpc) is 1.84. The molecule has 0 saturated heterocycles. The van der Waals surface area contributed by atoms with Gasteiger partial charge in [0.15, 0.2) is 0 Å². The molecule has 1 unspecified atom stereocenters. The van der Waals surface area contributed by atoms with E-state index in [1.54, 1.807) is 19.3 Å². The Labute approximate surface area is 80.9 Å². The van der Waals surface area contributed by atoms with E-state index in [0.29, 0.717) is 11.6 Å². The van der Waals surface area contributed by atoms with Crippen LogP contribution in [0.15, 0.2) is 10.4 Å². The first-order chi connectivity index (χ1) is 4.98. The molecule has 66 valence electrons. The minimum absolute atomic E-state index is 0.427. The molecule has 0 aliphatic heterocycles. The molecule has 0 heterocycles. The molecule has 0 bridgehead atoms. The smallest absolute Gasteiger partial charge is 0.248 e. The van der Waals surface area contributed by atoms with Crippen molar-refractivity contribution >= 4 is 40.5 Å². The van der Waals surface area contributed by atoms with Crippen molar-refractivity contribution in [2.45, 2.75) is 13.8 Å². The van der Waals surface area contributed by atoms with Crippen molar-refractivity contribution in [3.63, 3.8) is 0 Å². The zero-order valence-corrected chi connectivity index (χ0v) is 9.56. The molecule has 1 atom stereocenters.